The molecule has 2 aromatic heterocycles. The van der Waals surface area contributed by atoms with Gasteiger partial charge in [0.1, 0.15) is 11.8 Å². The molecule has 5 aromatic rings. The molecule has 2 heterocycles. The van der Waals surface area contributed by atoms with Gasteiger partial charge in [-0.3, -0.25) is 14.6 Å². The van der Waals surface area contributed by atoms with Crippen molar-refractivity contribution in [2.24, 2.45) is 5.73 Å². The summed E-state index contributed by atoms with van der Waals surface area (Å²) in [6.07, 6.45) is 3.61. The number of hydrogen-bond donors (Lipinski definition) is 3. The number of rotatable bonds is 8. The van der Waals surface area contributed by atoms with Gasteiger partial charge in [-0.05, 0) is 66.2 Å². The summed E-state index contributed by atoms with van der Waals surface area (Å²) in [4.78, 5) is 29.2. The van der Waals surface area contributed by atoms with Gasteiger partial charge < -0.3 is 16.2 Å². The zero-order valence-electron chi connectivity index (χ0n) is 23.0. The number of nitrogens with zero attached hydrogens (tertiary/aromatic N) is 3. The van der Waals surface area contributed by atoms with Crippen LogP contribution in [0.3, 0.4) is 0 Å². The van der Waals surface area contributed by atoms with Crippen LogP contribution in [0.5, 0.6) is 5.75 Å². The molecule has 0 unspecified atom stereocenters. The zero-order valence-corrected chi connectivity index (χ0v) is 24.5. The summed E-state index contributed by atoms with van der Waals surface area (Å²) >= 11 is 12.4. The number of benzene rings is 3. The third-order valence-electron chi connectivity index (χ3n) is 6.28. The number of carbonyl (C=O) groups is 2. The molecule has 0 saturated heterocycles. The normalized spacial score (nSPS) is 11.2. The van der Waals surface area contributed by atoms with Crippen LogP contribution in [-0.2, 0) is 11.2 Å². The highest BCUT2D eigenvalue weighted by Crippen LogP contribution is 2.31. The highest BCUT2D eigenvalue weighted by Gasteiger charge is 2.20. The van der Waals surface area contributed by atoms with E-state index < -0.39 is 17.9 Å². The predicted octanol–water partition coefficient (Wildman–Crippen LogP) is 6.47. The Morgan fingerprint density at radius 2 is 1.64 bits per heavy atom. The smallest absolute Gasteiger partial charge is 0.251 e. The summed E-state index contributed by atoms with van der Waals surface area (Å²) in [5, 5.41) is 17.8. The van der Waals surface area contributed by atoms with Crippen molar-refractivity contribution >= 4 is 35.0 Å². The molecule has 10 heteroatoms. The minimum Gasteiger partial charge on any atom is -0.508 e. The monoisotopic (exact) mass is 601 g/mol. The number of hydrogen-bond acceptors (Lipinski definition) is 5. The average molecular weight is 603 g/mol. The lowest BCUT2D eigenvalue weighted by molar-refractivity contribution is -0.119. The number of nitrogens with two attached hydrogens (primary N) is 1. The highest BCUT2D eigenvalue weighted by atomic mass is 35.5. The number of aromatic nitrogens is 3. The molecular formula is C32H29Cl2N5O3. The Labute approximate surface area is 253 Å². The Kier molecular flexibility index (Phi) is 9.96. The highest BCUT2D eigenvalue weighted by molar-refractivity contribution is 6.42. The zero-order chi connectivity index (χ0) is 30.2. The molecule has 0 saturated carbocycles. The van der Waals surface area contributed by atoms with Crippen LogP contribution in [0.15, 0.2) is 97.3 Å². The van der Waals surface area contributed by atoms with E-state index in [1.54, 1.807) is 65.6 Å². The van der Waals surface area contributed by atoms with Gasteiger partial charge in [-0.25, -0.2) is 4.68 Å². The third-order valence-corrected chi connectivity index (χ3v) is 7.02. The van der Waals surface area contributed by atoms with Crippen LogP contribution in [0.4, 0.5) is 0 Å². The molecule has 8 nitrogen and oxygen atoms in total. The Hall–Kier alpha value is -4.66. The molecule has 0 aliphatic carbocycles. The van der Waals surface area contributed by atoms with Crippen LogP contribution in [-0.4, -0.2) is 37.7 Å². The summed E-state index contributed by atoms with van der Waals surface area (Å²) in [6.45, 7) is 4.00. The lowest BCUT2D eigenvalue weighted by atomic mass is 10.0. The molecule has 0 radical (unpaired) electrons. The Morgan fingerprint density at radius 1 is 0.929 bits per heavy atom. The standard InChI is InChI=1S/C30H23Cl2N5O3.C2H6/c31-24-12-9-22(15-25(24)32)37-28(16-26(36-37)21-2-1-13-34-17-21)19-5-7-20(8-6-19)30(40)35-27(29(33)39)14-18-3-10-23(38)11-4-18;1-2/h1-13,15-17,27,38H,14H2,(H2,33,39)(H,35,40);1-2H3/t27-;/m0./s1. The van der Waals surface area contributed by atoms with Crippen molar-refractivity contribution in [1.82, 2.24) is 20.1 Å². The number of nitrogens with one attached hydrogen (secondary N) is 1. The third kappa shape index (κ3) is 7.15. The summed E-state index contributed by atoms with van der Waals surface area (Å²) in [7, 11) is 0. The number of carbonyl (C=O) groups excluding carboxylic acids is 2. The van der Waals surface area contributed by atoms with E-state index in [0.717, 1.165) is 22.4 Å². The molecule has 2 amide bonds. The van der Waals surface area contributed by atoms with Gasteiger partial charge in [0.2, 0.25) is 5.91 Å². The number of halogens is 2. The van der Waals surface area contributed by atoms with Crippen LogP contribution in [0, 0.1) is 0 Å². The van der Waals surface area contributed by atoms with Crippen LogP contribution in [0.25, 0.3) is 28.2 Å². The Morgan fingerprint density at radius 3 is 2.26 bits per heavy atom. The summed E-state index contributed by atoms with van der Waals surface area (Å²) in [5.74, 6) is -0.994. The Bertz CT molecular complexity index is 1670. The molecule has 0 aliphatic rings. The van der Waals surface area contributed by atoms with Gasteiger partial charge in [-0.1, -0.05) is 61.3 Å². The molecule has 0 fully saturated rings. The van der Waals surface area contributed by atoms with Crippen molar-refractivity contribution < 1.29 is 14.7 Å². The van der Waals surface area contributed by atoms with Crippen molar-refractivity contribution in [3.8, 4) is 34.0 Å². The van der Waals surface area contributed by atoms with Crippen molar-refractivity contribution in [2.75, 3.05) is 0 Å². The van der Waals surface area contributed by atoms with Gasteiger partial charge >= 0.3 is 0 Å². The number of amides is 2. The fourth-order valence-corrected chi connectivity index (χ4v) is 4.47. The van der Waals surface area contributed by atoms with E-state index in [-0.39, 0.29) is 12.2 Å². The Balaban J connectivity index is 0.00000198. The van der Waals surface area contributed by atoms with Gasteiger partial charge in [0, 0.05) is 35.5 Å². The van der Waals surface area contributed by atoms with Crippen molar-refractivity contribution in [3.63, 3.8) is 0 Å². The van der Waals surface area contributed by atoms with E-state index in [4.69, 9.17) is 34.0 Å². The molecular weight excluding hydrogens is 573 g/mol. The second-order valence-corrected chi connectivity index (χ2v) is 9.86. The summed E-state index contributed by atoms with van der Waals surface area (Å²) in [6, 6.07) is 23.3. The molecule has 214 valence electrons. The van der Waals surface area contributed by atoms with Crippen molar-refractivity contribution in [3.05, 3.63) is 118 Å². The van der Waals surface area contributed by atoms with E-state index >= 15 is 0 Å². The predicted molar refractivity (Wildman–Crippen MR) is 166 cm³/mol. The molecule has 0 bridgehead atoms. The van der Waals surface area contributed by atoms with Gasteiger partial charge in [0.05, 0.1) is 27.1 Å². The maximum absolute atomic E-state index is 13.0. The molecule has 3 aromatic carbocycles. The second-order valence-electron chi connectivity index (χ2n) is 9.04. The first-order valence-electron chi connectivity index (χ1n) is 13.2. The van der Waals surface area contributed by atoms with E-state index in [1.807, 2.05) is 38.1 Å². The molecule has 0 aliphatic heterocycles. The minimum atomic E-state index is -0.921. The SMILES string of the molecule is CC.NC(=O)[C@H](Cc1ccc(O)cc1)NC(=O)c1ccc(-c2cc(-c3cccnc3)nn2-c2ccc(Cl)c(Cl)c2)cc1. The van der Waals surface area contributed by atoms with E-state index in [1.165, 1.54) is 12.1 Å². The fraction of sp³-hybridized carbons (Fsp3) is 0.125. The lowest BCUT2D eigenvalue weighted by Crippen LogP contribution is -2.45. The first kappa shape index (κ1) is 30.3. The summed E-state index contributed by atoms with van der Waals surface area (Å²) in [5.41, 5.74) is 10.4. The van der Waals surface area contributed by atoms with Crippen LogP contribution < -0.4 is 11.1 Å². The quantitative estimate of drug-likeness (QED) is 0.188. The summed E-state index contributed by atoms with van der Waals surface area (Å²) < 4.78 is 1.75. The lowest BCUT2D eigenvalue weighted by Gasteiger charge is -2.16. The van der Waals surface area contributed by atoms with Gasteiger partial charge in [0.25, 0.3) is 5.91 Å². The molecule has 1 atom stereocenters. The van der Waals surface area contributed by atoms with Crippen molar-refractivity contribution in [1.29, 1.82) is 0 Å². The van der Waals surface area contributed by atoms with Crippen LogP contribution in [0.2, 0.25) is 10.0 Å². The maximum atomic E-state index is 13.0. The first-order chi connectivity index (χ1) is 20.3. The van der Waals surface area contributed by atoms with Gasteiger partial charge in [-0.15, -0.1) is 0 Å². The van der Waals surface area contributed by atoms with Gasteiger partial charge in [0.15, 0.2) is 0 Å². The molecule has 5 rings (SSSR count). The van der Waals surface area contributed by atoms with E-state index in [2.05, 4.69) is 10.3 Å². The van der Waals surface area contributed by atoms with E-state index in [9.17, 15) is 14.7 Å². The fourth-order valence-electron chi connectivity index (χ4n) is 4.18. The number of phenols is 1. The van der Waals surface area contributed by atoms with E-state index in [0.29, 0.717) is 27.0 Å². The molecule has 4 N–H and O–H groups in total. The number of pyridine rings is 1. The number of aromatic hydroxyl groups is 1. The molecule has 42 heavy (non-hydrogen) atoms. The number of primary amides is 1. The van der Waals surface area contributed by atoms with Gasteiger partial charge in [-0.2, -0.15) is 5.10 Å². The topological polar surface area (TPSA) is 123 Å². The minimum absolute atomic E-state index is 0.108. The molecule has 0 spiro atoms. The number of phenolic OH excluding ortho intramolecular Hbond substituents is 1. The average Bonchev–Trinajstić information content (AvgIpc) is 3.46. The largest absolute Gasteiger partial charge is 0.508 e. The maximum Gasteiger partial charge on any atom is 0.251 e. The van der Waals surface area contributed by atoms with Crippen LogP contribution in [0.1, 0.15) is 29.8 Å². The first-order valence-corrected chi connectivity index (χ1v) is 14.0. The van der Waals surface area contributed by atoms with Crippen LogP contribution >= 0.6 is 23.2 Å². The second kappa shape index (κ2) is 13.8. The van der Waals surface area contributed by atoms with Crippen molar-refractivity contribution in [2.45, 2.75) is 26.3 Å².